The van der Waals surface area contributed by atoms with Crippen molar-refractivity contribution in [1.82, 2.24) is 14.9 Å². The first-order valence-electron chi connectivity index (χ1n) is 13.3. The Bertz CT molecular complexity index is 1610. The predicted molar refractivity (Wildman–Crippen MR) is 156 cm³/mol. The van der Waals surface area contributed by atoms with Gasteiger partial charge in [-0.05, 0) is 58.0 Å². The number of imidazole rings is 1. The highest BCUT2D eigenvalue weighted by Crippen LogP contribution is 2.44. The molecular weight excluding hydrogens is 506 g/mol. The quantitative estimate of drug-likeness (QED) is 0.230. The van der Waals surface area contributed by atoms with E-state index in [-0.39, 0.29) is 24.5 Å². The van der Waals surface area contributed by atoms with Gasteiger partial charge in [0, 0.05) is 17.5 Å². The van der Waals surface area contributed by atoms with Crippen LogP contribution in [-0.4, -0.2) is 22.3 Å². The number of carbonyl (C=O) groups excluding carboxylic acids is 1. The van der Waals surface area contributed by atoms with Gasteiger partial charge in [-0.2, -0.15) is 0 Å². The van der Waals surface area contributed by atoms with E-state index in [2.05, 4.69) is 54.1 Å². The maximum atomic E-state index is 13.3. The Balaban J connectivity index is 1.25. The van der Waals surface area contributed by atoms with Crippen molar-refractivity contribution in [2.75, 3.05) is 6.61 Å². The number of carbonyl (C=O) groups is 1. The van der Waals surface area contributed by atoms with Gasteiger partial charge in [0.1, 0.15) is 12.4 Å². The molecule has 5 nitrogen and oxygen atoms in total. The number of halogens is 1. The lowest BCUT2D eigenvalue weighted by Crippen LogP contribution is -2.35. The molecule has 196 valence electrons. The zero-order valence-electron chi connectivity index (χ0n) is 22.0. The largest absolute Gasteiger partial charge is 0.449 e. The van der Waals surface area contributed by atoms with Crippen LogP contribution in [0.1, 0.15) is 48.3 Å². The van der Waals surface area contributed by atoms with Crippen molar-refractivity contribution in [3.63, 3.8) is 0 Å². The topological polar surface area (TPSA) is 56.1 Å². The van der Waals surface area contributed by atoms with E-state index in [9.17, 15) is 4.79 Å². The van der Waals surface area contributed by atoms with Gasteiger partial charge < -0.3 is 14.6 Å². The molecule has 1 atom stereocenters. The summed E-state index contributed by atoms with van der Waals surface area (Å²) in [5.74, 6) is 0.883. The van der Waals surface area contributed by atoms with Crippen molar-refractivity contribution >= 4 is 28.7 Å². The Morgan fingerprint density at radius 3 is 2.28 bits per heavy atom. The second kappa shape index (κ2) is 10.6. The zero-order chi connectivity index (χ0) is 26.9. The second-order valence-corrected chi connectivity index (χ2v) is 10.8. The molecule has 1 aliphatic rings. The number of aromatic nitrogens is 2. The van der Waals surface area contributed by atoms with Gasteiger partial charge in [0.2, 0.25) is 0 Å². The fourth-order valence-corrected chi connectivity index (χ4v) is 5.82. The first-order chi connectivity index (χ1) is 19.0. The summed E-state index contributed by atoms with van der Waals surface area (Å²) in [6, 6.07) is 32.2. The molecule has 0 saturated carbocycles. The maximum absolute atomic E-state index is 13.3. The number of fused-ring (bicyclic) bond motifs is 4. The highest BCUT2D eigenvalue weighted by molar-refractivity contribution is 6.30. The van der Waals surface area contributed by atoms with E-state index in [1.807, 2.05) is 66.7 Å². The van der Waals surface area contributed by atoms with Crippen LogP contribution in [0.5, 0.6) is 0 Å². The van der Waals surface area contributed by atoms with Gasteiger partial charge in [-0.1, -0.05) is 98.2 Å². The standard InChI is InChI=1S/C33H30ClN3O2/c1-21(2)31(32-35-29-16-7-8-17-30(29)37(32)19-22-10-9-11-23(34)18-22)36-33(38)39-20-28-26-14-5-3-12-24(26)25-13-4-6-15-27(25)28/h3-18,21,28,31H,19-20H2,1-2H3,(H,36,38)/t31-/m0/s1. The number of ether oxygens (including phenoxy) is 1. The van der Waals surface area contributed by atoms with Crippen molar-refractivity contribution < 1.29 is 9.53 Å². The highest BCUT2D eigenvalue weighted by atomic mass is 35.5. The van der Waals surface area contributed by atoms with E-state index in [0.29, 0.717) is 11.6 Å². The van der Waals surface area contributed by atoms with Crippen LogP contribution in [0, 0.1) is 5.92 Å². The summed E-state index contributed by atoms with van der Waals surface area (Å²) in [5.41, 5.74) is 7.75. The summed E-state index contributed by atoms with van der Waals surface area (Å²) in [5, 5.41) is 3.82. The lowest BCUT2D eigenvalue weighted by Gasteiger charge is -2.24. The number of nitrogens with zero attached hydrogens (tertiary/aromatic N) is 2. The fourth-order valence-electron chi connectivity index (χ4n) is 5.61. The van der Waals surface area contributed by atoms with Crippen molar-refractivity contribution in [2.24, 2.45) is 5.92 Å². The van der Waals surface area contributed by atoms with E-state index in [4.69, 9.17) is 21.3 Å². The number of amides is 1. The summed E-state index contributed by atoms with van der Waals surface area (Å²) in [6.07, 6.45) is -0.447. The van der Waals surface area contributed by atoms with Crippen LogP contribution in [0.15, 0.2) is 97.1 Å². The lowest BCUT2D eigenvalue weighted by molar-refractivity contribution is 0.135. The molecule has 1 aromatic heterocycles. The van der Waals surface area contributed by atoms with E-state index in [1.54, 1.807) is 0 Å². The first-order valence-corrected chi connectivity index (χ1v) is 13.7. The Morgan fingerprint density at radius 1 is 0.923 bits per heavy atom. The molecule has 0 aliphatic heterocycles. The number of hydrogen-bond acceptors (Lipinski definition) is 3. The second-order valence-electron chi connectivity index (χ2n) is 10.4. The van der Waals surface area contributed by atoms with Crippen molar-refractivity contribution in [3.8, 4) is 11.1 Å². The summed E-state index contributed by atoms with van der Waals surface area (Å²) in [7, 11) is 0. The summed E-state index contributed by atoms with van der Waals surface area (Å²) >= 11 is 6.28. The van der Waals surface area contributed by atoms with Crippen molar-refractivity contribution in [1.29, 1.82) is 0 Å². The molecule has 1 N–H and O–H groups in total. The van der Waals surface area contributed by atoms with Crippen LogP contribution in [0.2, 0.25) is 5.02 Å². The molecule has 6 rings (SSSR count). The molecule has 0 saturated heterocycles. The van der Waals surface area contributed by atoms with Gasteiger partial charge >= 0.3 is 6.09 Å². The van der Waals surface area contributed by atoms with Crippen LogP contribution < -0.4 is 5.32 Å². The number of para-hydroxylation sites is 2. The Morgan fingerprint density at radius 2 is 1.59 bits per heavy atom. The molecule has 6 heteroatoms. The van der Waals surface area contributed by atoms with Crippen LogP contribution in [0.4, 0.5) is 4.79 Å². The van der Waals surface area contributed by atoms with Crippen molar-refractivity contribution in [2.45, 2.75) is 32.4 Å². The molecule has 1 aliphatic carbocycles. The van der Waals surface area contributed by atoms with E-state index < -0.39 is 6.09 Å². The van der Waals surface area contributed by atoms with Gasteiger partial charge in [0.15, 0.2) is 0 Å². The molecule has 4 aromatic carbocycles. The third-order valence-electron chi connectivity index (χ3n) is 7.48. The van der Waals surface area contributed by atoms with E-state index >= 15 is 0 Å². The minimum atomic E-state index is -0.447. The maximum Gasteiger partial charge on any atom is 0.407 e. The third kappa shape index (κ3) is 4.90. The number of hydrogen-bond donors (Lipinski definition) is 1. The third-order valence-corrected chi connectivity index (χ3v) is 7.71. The van der Waals surface area contributed by atoms with Crippen molar-refractivity contribution in [3.05, 3.63) is 125 Å². The lowest BCUT2D eigenvalue weighted by atomic mass is 9.98. The highest BCUT2D eigenvalue weighted by Gasteiger charge is 2.30. The summed E-state index contributed by atoms with van der Waals surface area (Å²) in [4.78, 5) is 18.2. The Labute approximate surface area is 233 Å². The average Bonchev–Trinajstić information content (AvgIpc) is 3.46. The summed E-state index contributed by atoms with van der Waals surface area (Å²) in [6.45, 7) is 5.02. The molecule has 0 fully saturated rings. The van der Waals surface area contributed by atoms with Crippen LogP contribution in [0.25, 0.3) is 22.2 Å². The molecule has 1 heterocycles. The molecule has 39 heavy (non-hydrogen) atoms. The Hall–Kier alpha value is -4.09. The summed E-state index contributed by atoms with van der Waals surface area (Å²) < 4.78 is 8.05. The van der Waals surface area contributed by atoms with Gasteiger partial charge in [-0.3, -0.25) is 0 Å². The van der Waals surface area contributed by atoms with Gasteiger partial charge in [-0.25, -0.2) is 9.78 Å². The van der Waals surface area contributed by atoms with Gasteiger partial charge in [0.05, 0.1) is 17.1 Å². The smallest absolute Gasteiger partial charge is 0.407 e. The Kier molecular flexibility index (Phi) is 6.84. The zero-order valence-corrected chi connectivity index (χ0v) is 22.7. The van der Waals surface area contributed by atoms with Gasteiger partial charge in [-0.15, -0.1) is 0 Å². The number of nitrogens with one attached hydrogen (secondary N) is 1. The number of benzene rings is 4. The van der Waals surface area contributed by atoms with Crippen LogP contribution >= 0.6 is 11.6 Å². The molecule has 0 spiro atoms. The van der Waals surface area contributed by atoms with Crippen LogP contribution in [0.3, 0.4) is 0 Å². The number of alkyl carbamates (subject to hydrolysis) is 1. The SMILES string of the molecule is CC(C)[C@H](NC(=O)OCC1c2ccccc2-c2ccccc21)c1nc2ccccc2n1Cc1cccc(Cl)c1. The molecule has 1 amide bonds. The first kappa shape index (κ1) is 25.2. The monoisotopic (exact) mass is 535 g/mol. The normalized spacial score (nSPS) is 13.3. The predicted octanol–water partition coefficient (Wildman–Crippen LogP) is 7.97. The number of rotatable bonds is 7. The van der Waals surface area contributed by atoms with E-state index in [1.165, 1.54) is 22.3 Å². The molecule has 0 unspecified atom stereocenters. The molecule has 5 aromatic rings. The average molecular weight is 536 g/mol. The van der Waals surface area contributed by atoms with E-state index in [0.717, 1.165) is 22.4 Å². The molecular formula is C33H30ClN3O2. The molecule has 0 radical (unpaired) electrons. The van der Waals surface area contributed by atoms with Crippen LogP contribution in [-0.2, 0) is 11.3 Å². The minimum Gasteiger partial charge on any atom is -0.449 e. The fraction of sp³-hybridized carbons (Fsp3) is 0.212. The minimum absolute atomic E-state index is 0.00746. The van der Waals surface area contributed by atoms with Gasteiger partial charge in [0.25, 0.3) is 0 Å². The molecule has 0 bridgehead atoms.